The molecule has 0 aromatic heterocycles. The first kappa shape index (κ1) is 24.1. The molecule has 30 heavy (non-hydrogen) atoms. The lowest BCUT2D eigenvalue weighted by Crippen LogP contribution is -1.97. The molecule has 0 fully saturated rings. The molecule has 0 amide bonds. The Labute approximate surface area is 184 Å². The Balaban J connectivity index is 1.66. The molecule has 3 nitrogen and oxygen atoms in total. The van der Waals surface area contributed by atoms with Gasteiger partial charge in [0.25, 0.3) is 0 Å². The maximum atomic E-state index is 5.94. The molecule has 0 aliphatic carbocycles. The fourth-order valence-electron chi connectivity index (χ4n) is 3.63. The van der Waals surface area contributed by atoms with Crippen molar-refractivity contribution in [1.82, 2.24) is 0 Å². The van der Waals surface area contributed by atoms with E-state index in [4.69, 9.17) is 4.74 Å². The molecule has 2 aromatic carbocycles. The molecule has 2 rings (SSSR count). The number of rotatable bonds is 14. The zero-order valence-electron chi connectivity index (χ0n) is 19.5. The minimum Gasteiger partial charge on any atom is -0.494 e. The molecule has 3 heteroatoms. The van der Waals surface area contributed by atoms with E-state index in [1.165, 1.54) is 63.4 Å². The SMILES string of the molecule is CCCCCCCCCCCCOc1ccc(/N=N/c2ccc(C)cc2C)c(C)c1. The first-order valence-corrected chi connectivity index (χ1v) is 11.8. The maximum Gasteiger partial charge on any atom is 0.119 e. The van der Waals surface area contributed by atoms with Crippen LogP contribution >= 0.6 is 0 Å². The molecule has 0 heterocycles. The van der Waals surface area contributed by atoms with E-state index in [2.05, 4.69) is 56.1 Å². The second-order valence-corrected chi connectivity index (χ2v) is 8.47. The summed E-state index contributed by atoms with van der Waals surface area (Å²) in [5.74, 6) is 0.925. The van der Waals surface area contributed by atoms with Gasteiger partial charge in [-0.25, -0.2) is 0 Å². The van der Waals surface area contributed by atoms with Gasteiger partial charge in [0.05, 0.1) is 18.0 Å². The van der Waals surface area contributed by atoms with Gasteiger partial charge < -0.3 is 4.74 Å². The molecule has 0 atom stereocenters. The van der Waals surface area contributed by atoms with E-state index in [1.807, 2.05) is 18.2 Å². The van der Waals surface area contributed by atoms with Crippen LogP contribution in [0.3, 0.4) is 0 Å². The van der Waals surface area contributed by atoms with Crippen LogP contribution in [0, 0.1) is 20.8 Å². The van der Waals surface area contributed by atoms with Crippen molar-refractivity contribution in [2.24, 2.45) is 10.2 Å². The predicted octanol–water partition coefficient (Wildman–Crippen LogP) is 9.33. The van der Waals surface area contributed by atoms with Crippen LogP contribution in [0.15, 0.2) is 46.6 Å². The maximum absolute atomic E-state index is 5.94. The largest absolute Gasteiger partial charge is 0.494 e. The van der Waals surface area contributed by atoms with Crippen molar-refractivity contribution in [2.75, 3.05) is 6.61 Å². The quantitative estimate of drug-likeness (QED) is 0.226. The van der Waals surface area contributed by atoms with Crippen molar-refractivity contribution >= 4 is 11.4 Å². The van der Waals surface area contributed by atoms with Crippen molar-refractivity contribution in [3.63, 3.8) is 0 Å². The summed E-state index contributed by atoms with van der Waals surface area (Å²) < 4.78 is 5.94. The number of aryl methyl sites for hydroxylation is 3. The Morgan fingerprint density at radius 3 is 1.73 bits per heavy atom. The van der Waals surface area contributed by atoms with Gasteiger partial charge in [0.2, 0.25) is 0 Å². The molecule has 0 radical (unpaired) electrons. The van der Waals surface area contributed by atoms with Gasteiger partial charge in [-0.05, 0) is 62.6 Å². The Bertz CT molecular complexity index is 782. The van der Waals surface area contributed by atoms with E-state index in [-0.39, 0.29) is 0 Å². The van der Waals surface area contributed by atoms with Crippen LogP contribution in [-0.2, 0) is 0 Å². The molecule has 0 unspecified atom stereocenters. The number of nitrogens with zero attached hydrogens (tertiary/aromatic N) is 2. The lowest BCUT2D eigenvalue weighted by Gasteiger charge is -2.08. The highest BCUT2D eigenvalue weighted by atomic mass is 16.5. The first-order chi connectivity index (χ1) is 14.6. The average molecular weight is 409 g/mol. The summed E-state index contributed by atoms with van der Waals surface area (Å²) >= 11 is 0. The number of hydrogen-bond donors (Lipinski definition) is 0. The highest BCUT2D eigenvalue weighted by Gasteiger charge is 2.02. The first-order valence-electron chi connectivity index (χ1n) is 11.8. The van der Waals surface area contributed by atoms with E-state index < -0.39 is 0 Å². The van der Waals surface area contributed by atoms with Gasteiger partial charge in [0.1, 0.15) is 5.75 Å². The molecular weight excluding hydrogens is 368 g/mol. The van der Waals surface area contributed by atoms with E-state index in [9.17, 15) is 0 Å². The van der Waals surface area contributed by atoms with Gasteiger partial charge in [-0.2, -0.15) is 10.2 Å². The van der Waals surface area contributed by atoms with Crippen LogP contribution in [0.5, 0.6) is 5.75 Å². The molecule has 0 aliphatic rings. The van der Waals surface area contributed by atoms with E-state index in [0.29, 0.717) is 0 Å². The third kappa shape index (κ3) is 9.11. The van der Waals surface area contributed by atoms with Gasteiger partial charge >= 0.3 is 0 Å². The summed E-state index contributed by atoms with van der Waals surface area (Å²) in [6.45, 7) is 9.28. The lowest BCUT2D eigenvalue weighted by molar-refractivity contribution is 0.304. The number of benzene rings is 2. The zero-order valence-corrected chi connectivity index (χ0v) is 19.5. The summed E-state index contributed by atoms with van der Waals surface area (Å²) in [6, 6.07) is 12.3. The zero-order chi connectivity index (χ0) is 21.6. The molecule has 164 valence electrons. The summed E-state index contributed by atoms with van der Waals surface area (Å²) in [4.78, 5) is 0. The number of azo groups is 1. The van der Waals surface area contributed by atoms with Crippen molar-refractivity contribution < 1.29 is 4.74 Å². The lowest BCUT2D eigenvalue weighted by atomic mass is 10.1. The van der Waals surface area contributed by atoms with Crippen molar-refractivity contribution in [1.29, 1.82) is 0 Å². The molecule has 0 N–H and O–H groups in total. The average Bonchev–Trinajstić information content (AvgIpc) is 2.72. The van der Waals surface area contributed by atoms with Crippen LogP contribution in [0.25, 0.3) is 0 Å². The van der Waals surface area contributed by atoms with Gasteiger partial charge in [-0.3, -0.25) is 0 Å². The fraction of sp³-hybridized carbons (Fsp3) is 0.556. The van der Waals surface area contributed by atoms with Gasteiger partial charge in [0.15, 0.2) is 0 Å². The number of unbranched alkanes of at least 4 members (excludes halogenated alkanes) is 9. The van der Waals surface area contributed by atoms with Crippen molar-refractivity contribution in [3.8, 4) is 5.75 Å². The van der Waals surface area contributed by atoms with E-state index >= 15 is 0 Å². The van der Waals surface area contributed by atoms with Crippen LogP contribution in [0.4, 0.5) is 11.4 Å². The Kier molecular flexibility index (Phi) is 11.2. The predicted molar refractivity (Wildman–Crippen MR) is 129 cm³/mol. The molecular formula is C27H40N2O. The monoisotopic (exact) mass is 408 g/mol. The van der Waals surface area contributed by atoms with Crippen LogP contribution in [-0.4, -0.2) is 6.61 Å². The van der Waals surface area contributed by atoms with E-state index in [0.717, 1.165) is 41.3 Å². The number of hydrogen-bond acceptors (Lipinski definition) is 3. The highest BCUT2D eigenvalue weighted by molar-refractivity contribution is 5.51. The van der Waals surface area contributed by atoms with Gasteiger partial charge in [-0.15, -0.1) is 0 Å². The minimum atomic E-state index is 0.791. The third-order valence-electron chi connectivity index (χ3n) is 5.55. The molecule has 0 saturated carbocycles. The van der Waals surface area contributed by atoms with Gasteiger partial charge in [0, 0.05) is 0 Å². The van der Waals surface area contributed by atoms with Gasteiger partial charge in [-0.1, -0.05) is 82.4 Å². The topological polar surface area (TPSA) is 34.0 Å². The van der Waals surface area contributed by atoms with Crippen LogP contribution in [0.1, 0.15) is 87.8 Å². The normalized spacial score (nSPS) is 11.3. The van der Waals surface area contributed by atoms with Crippen LogP contribution in [0.2, 0.25) is 0 Å². The standard InChI is InChI=1S/C27H40N2O/c1-5-6-7-8-9-10-11-12-13-14-19-30-25-16-18-27(24(4)21-25)29-28-26-17-15-22(2)20-23(26)3/h15-18,20-21H,5-14,19H2,1-4H3/b29-28+. The second-order valence-electron chi connectivity index (χ2n) is 8.47. The van der Waals surface area contributed by atoms with E-state index in [1.54, 1.807) is 0 Å². The highest BCUT2D eigenvalue weighted by Crippen LogP contribution is 2.27. The minimum absolute atomic E-state index is 0.791. The summed E-state index contributed by atoms with van der Waals surface area (Å²) in [5, 5.41) is 8.86. The molecule has 0 bridgehead atoms. The van der Waals surface area contributed by atoms with Crippen molar-refractivity contribution in [3.05, 3.63) is 53.1 Å². The fourth-order valence-corrected chi connectivity index (χ4v) is 3.63. The number of ether oxygens (including phenoxy) is 1. The smallest absolute Gasteiger partial charge is 0.119 e. The Morgan fingerprint density at radius 1 is 0.633 bits per heavy atom. The second kappa shape index (κ2) is 14.0. The Morgan fingerprint density at radius 2 is 1.17 bits per heavy atom. The molecule has 2 aromatic rings. The molecule has 0 aliphatic heterocycles. The Hall–Kier alpha value is -2.16. The van der Waals surface area contributed by atoms with Crippen LogP contribution < -0.4 is 4.74 Å². The summed E-state index contributed by atoms with van der Waals surface area (Å²) in [7, 11) is 0. The summed E-state index contributed by atoms with van der Waals surface area (Å²) in [6.07, 6.45) is 13.4. The summed E-state index contributed by atoms with van der Waals surface area (Å²) in [5.41, 5.74) is 5.28. The molecule has 0 spiro atoms. The van der Waals surface area contributed by atoms with Crippen molar-refractivity contribution in [2.45, 2.75) is 91.9 Å². The third-order valence-corrected chi connectivity index (χ3v) is 5.55. The molecule has 0 saturated heterocycles.